The van der Waals surface area contributed by atoms with Crippen molar-refractivity contribution in [3.8, 4) is 23.0 Å². The number of hydrogen-bond acceptors (Lipinski definition) is 7. The lowest BCUT2D eigenvalue weighted by Gasteiger charge is -2.29. The normalized spacial score (nSPS) is 20.8. The number of nitrogens with zero attached hydrogens (tertiary/aromatic N) is 2. The molecular formula is C31H33N3O6. The van der Waals surface area contributed by atoms with Crippen molar-refractivity contribution in [2.24, 2.45) is 0 Å². The van der Waals surface area contributed by atoms with E-state index in [0.717, 1.165) is 29.9 Å². The zero-order chi connectivity index (χ0) is 27.6. The highest BCUT2D eigenvalue weighted by Crippen LogP contribution is 2.40. The standard InChI is InChI=1S/C31H33N3O6/c1-38-27-10-6-22-17-29(27)40-28-16-20(2-9-26(28)35)3-11-30(36)32-25-19-34(18-24(22)25)31(37)21-4-7-23(8-5-21)33-12-14-39-15-13-33/h2,4-10,16-17,24-25,35H,3,11-15,18-19H2,1H3,(H,32,36)/t24-,25+/m0/s1. The molecule has 2 N–H and O–H groups in total. The molecule has 0 spiro atoms. The smallest absolute Gasteiger partial charge is 0.253 e. The summed E-state index contributed by atoms with van der Waals surface area (Å²) in [5, 5.41) is 13.6. The zero-order valence-corrected chi connectivity index (χ0v) is 22.5. The lowest BCUT2D eigenvalue weighted by molar-refractivity contribution is -0.121. The van der Waals surface area contributed by atoms with Crippen LogP contribution in [0.25, 0.3) is 0 Å². The number of carbonyl (C=O) groups excluding carboxylic acids is 2. The Hall–Kier alpha value is -4.24. The topological polar surface area (TPSA) is 101 Å². The van der Waals surface area contributed by atoms with Gasteiger partial charge in [-0.3, -0.25) is 9.59 Å². The Kier molecular flexibility index (Phi) is 7.21. The third kappa shape index (κ3) is 5.29. The van der Waals surface area contributed by atoms with Gasteiger partial charge in [0.1, 0.15) is 0 Å². The third-order valence-electron chi connectivity index (χ3n) is 7.94. The number of rotatable bonds is 3. The van der Waals surface area contributed by atoms with E-state index >= 15 is 0 Å². The summed E-state index contributed by atoms with van der Waals surface area (Å²) in [5.74, 6) is 0.990. The SMILES string of the molecule is COc1ccc2cc1Oc1cc(ccc1O)CCC(=O)N[C@@H]1CN(C(=O)c3ccc(N4CCOCC4)cc3)C[C@@H]21. The van der Waals surface area contributed by atoms with Crippen molar-refractivity contribution in [1.82, 2.24) is 10.2 Å². The van der Waals surface area contributed by atoms with E-state index in [1.54, 1.807) is 25.3 Å². The Morgan fingerprint density at radius 3 is 2.55 bits per heavy atom. The molecule has 3 aliphatic heterocycles. The Labute approximate surface area is 233 Å². The highest BCUT2D eigenvalue weighted by atomic mass is 16.5. The van der Waals surface area contributed by atoms with Crippen molar-refractivity contribution < 1.29 is 28.9 Å². The van der Waals surface area contributed by atoms with Crippen LogP contribution in [0.1, 0.15) is 33.8 Å². The number of phenolic OH excluding ortho intramolecular Hbond substituents is 1. The molecule has 2 saturated heterocycles. The van der Waals surface area contributed by atoms with E-state index in [1.807, 2.05) is 47.4 Å². The number of methoxy groups -OCH3 is 1. The van der Waals surface area contributed by atoms with Crippen LogP contribution in [0.4, 0.5) is 5.69 Å². The highest BCUT2D eigenvalue weighted by molar-refractivity contribution is 5.95. The first-order valence-corrected chi connectivity index (χ1v) is 13.7. The molecule has 2 atom stereocenters. The molecule has 3 aromatic carbocycles. The molecule has 208 valence electrons. The van der Waals surface area contributed by atoms with E-state index in [-0.39, 0.29) is 35.9 Å². The number of nitrogens with one attached hydrogen (secondary N) is 1. The fourth-order valence-corrected chi connectivity index (χ4v) is 5.73. The summed E-state index contributed by atoms with van der Waals surface area (Å²) in [7, 11) is 1.57. The van der Waals surface area contributed by atoms with E-state index < -0.39 is 0 Å². The van der Waals surface area contributed by atoms with Gasteiger partial charge in [-0.15, -0.1) is 0 Å². The molecule has 0 radical (unpaired) electrons. The van der Waals surface area contributed by atoms with Gasteiger partial charge < -0.3 is 34.4 Å². The summed E-state index contributed by atoms with van der Waals surface area (Å²) < 4.78 is 17.1. The van der Waals surface area contributed by atoms with Crippen LogP contribution < -0.4 is 19.7 Å². The van der Waals surface area contributed by atoms with Crippen molar-refractivity contribution >= 4 is 17.5 Å². The molecule has 3 heterocycles. The van der Waals surface area contributed by atoms with Gasteiger partial charge in [0.15, 0.2) is 23.0 Å². The first-order chi connectivity index (χ1) is 19.5. The average Bonchev–Trinajstić information content (AvgIpc) is 3.41. The molecule has 0 unspecified atom stereocenters. The first kappa shape index (κ1) is 26.0. The Morgan fingerprint density at radius 2 is 1.77 bits per heavy atom. The molecule has 4 bridgehead atoms. The second kappa shape index (κ2) is 11.1. The number of amides is 2. The third-order valence-corrected chi connectivity index (χ3v) is 7.94. The quantitative estimate of drug-likeness (QED) is 0.520. The number of anilines is 1. The lowest BCUT2D eigenvalue weighted by Crippen LogP contribution is -2.40. The van der Waals surface area contributed by atoms with Crippen LogP contribution in [0, 0.1) is 0 Å². The molecule has 3 aromatic rings. The van der Waals surface area contributed by atoms with Crippen LogP contribution in [-0.2, 0) is 16.0 Å². The number of fused-ring (bicyclic) bond motifs is 6. The van der Waals surface area contributed by atoms with E-state index in [0.29, 0.717) is 55.5 Å². The molecule has 0 saturated carbocycles. The van der Waals surface area contributed by atoms with E-state index in [4.69, 9.17) is 14.2 Å². The molecule has 2 fully saturated rings. The predicted molar refractivity (Wildman–Crippen MR) is 150 cm³/mol. The molecule has 3 aliphatic rings. The van der Waals surface area contributed by atoms with E-state index in [9.17, 15) is 14.7 Å². The number of aryl methyl sites for hydroxylation is 1. The van der Waals surface area contributed by atoms with Gasteiger partial charge in [0.25, 0.3) is 5.91 Å². The van der Waals surface area contributed by atoms with Gasteiger partial charge in [0, 0.05) is 49.8 Å². The first-order valence-electron chi connectivity index (χ1n) is 13.7. The van der Waals surface area contributed by atoms with Crippen molar-refractivity contribution in [1.29, 1.82) is 0 Å². The number of ether oxygens (including phenoxy) is 3. The molecule has 0 aromatic heterocycles. The maximum absolute atomic E-state index is 13.6. The summed E-state index contributed by atoms with van der Waals surface area (Å²) in [6, 6.07) is 18.2. The number of benzene rings is 3. The van der Waals surface area contributed by atoms with E-state index in [1.165, 1.54) is 0 Å². The second-order valence-electron chi connectivity index (χ2n) is 10.5. The number of likely N-dealkylation sites (tertiary alicyclic amines) is 1. The van der Waals surface area contributed by atoms with Gasteiger partial charge >= 0.3 is 0 Å². The molecule has 0 aliphatic carbocycles. The Morgan fingerprint density at radius 1 is 0.975 bits per heavy atom. The second-order valence-corrected chi connectivity index (χ2v) is 10.5. The van der Waals surface area contributed by atoms with Crippen molar-refractivity contribution in [2.45, 2.75) is 24.8 Å². The fourth-order valence-electron chi connectivity index (χ4n) is 5.73. The maximum atomic E-state index is 13.6. The number of carbonyl (C=O) groups is 2. The zero-order valence-electron chi connectivity index (χ0n) is 22.5. The fraction of sp³-hybridized carbons (Fsp3) is 0.355. The predicted octanol–water partition coefficient (Wildman–Crippen LogP) is 3.70. The van der Waals surface area contributed by atoms with Crippen LogP contribution in [0.2, 0.25) is 0 Å². The summed E-state index contributed by atoms with van der Waals surface area (Å²) in [6.45, 7) is 3.92. The number of hydrogen-bond donors (Lipinski definition) is 2. The molecular weight excluding hydrogens is 510 g/mol. The molecule has 6 rings (SSSR count). The van der Waals surface area contributed by atoms with Gasteiger partial charge in [-0.25, -0.2) is 0 Å². The maximum Gasteiger partial charge on any atom is 0.253 e. The summed E-state index contributed by atoms with van der Waals surface area (Å²) in [5.41, 5.74) is 3.48. The Balaban J connectivity index is 1.28. The summed E-state index contributed by atoms with van der Waals surface area (Å²) >= 11 is 0. The van der Waals surface area contributed by atoms with Crippen molar-refractivity contribution in [2.75, 3.05) is 51.4 Å². The van der Waals surface area contributed by atoms with Crippen LogP contribution in [0.5, 0.6) is 23.0 Å². The monoisotopic (exact) mass is 543 g/mol. The summed E-state index contributed by atoms with van der Waals surface area (Å²) in [6.07, 6.45) is 0.776. The minimum atomic E-state index is -0.261. The van der Waals surface area contributed by atoms with Crippen LogP contribution in [0.15, 0.2) is 60.7 Å². The van der Waals surface area contributed by atoms with Crippen molar-refractivity contribution in [3.63, 3.8) is 0 Å². The van der Waals surface area contributed by atoms with Gasteiger partial charge in [0.2, 0.25) is 5.91 Å². The highest BCUT2D eigenvalue weighted by Gasteiger charge is 2.38. The van der Waals surface area contributed by atoms with Gasteiger partial charge in [-0.1, -0.05) is 12.1 Å². The molecule has 9 nitrogen and oxygen atoms in total. The largest absolute Gasteiger partial charge is 0.504 e. The Bertz CT molecular complexity index is 1400. The summed E-state index contributed by atoms with van der Waals surface area (Å²) in [4.78, 5) is 30.7. The number of aromatic hydroxyl groups is 1. The van der Waals surface area contributed by atoms with Crippen LogP contribution in [0.3, 0.4) is 0 Å². The van der Waals surface area contributed by atoms with Gasteiger partial charge in [-0.05, 0) is 66.1 Å². The number of morpholine rings is 1. The van der Waals surface area contributed by atoms with Gasteiger partial charge in [0.05, 0.1) is 26.4 Å². The molecule has 9 heteroatoms. The van der Waals surface area contributed by atoms with Gasteiger partial charge in [-0.2, -0.15) is 0 Å². The minimum Gasteiger partial charge on any atom is -0.504 e. The molecule has 40 heavy (non-hydrogen) atoms. The van der Waals surface area contributed by atoms with E-state index in [2.05, 4.69) is 10.2 Å². The molecule has 2 amide bonds. The van der Waals surface area contributed by atoms with Crippen LogP contribution in [-0.4, -0.2) is 74.4 Å². The minimum absolute atomic E-state index is 0.00526. The average molecular weight is 544 g/mol. The number of phenols is 1. The lowest BCUT2D eigenvalue weighted by atomic mass is 9.93. The van der Waals surface area contributed by atoms with Crippen molar-refractivity contribution in [3.05, 3.63) is 77.4 Å². The van der Waals surface area contributed by atoms with Crippen LogP contribution >= 0.6 is 0 Å².